The summed E-state index contributed by atoms with van der Waals surface area (Å²) in [4.78, 5) is 22.5. The third kappa shape index (κ3) is 5.50. The van der Waals surface area contributed by atoms with E-state index < -0.39 is 5.97 Å². The number of amides is 1. The van der Waals surface area contributed by atoms with Crippen LogP contribution in [0.25, 0.3) is 0 Å². The molecule has 4 N–H and O–H groups in total. The summed E-state index contributed by atoms with van der Waals surface area (Å²) in [6.07, 6.45) is 0.854. The lowest BCUT2D eigenvalue weighted by Crippen LogP contribution is -2.15. The van der Waals surface area contributed by atoms with Gasteiger partial charge in [0.1, 0.15) is 0 Å². The van der Waals surface area contributed by atoms with Crippen LogP contribution in [0.2, 0.25) is 5.02 Å². The number of benzene rings is 1. The van der Waals surface area contributed by atoms with E-state index in [1.807, 2.05) is 0 Å². The van der Waals surface area contributed by atoms with Crippen LogP contribution in [0.5, 0.6) is 0 Å². The number of nitrogens with one attached hydrogen (secondary N) is 1. The fourth-order valence-corrected chi connectivity index (χ4v) is 2.23. The van der Waals surface area contributed by atoms with Crippen molar-refractivity contribution in [1.82, 2.24) is 0 Å². The van der Waals surface area contributed by atoms with Crippen LogP contribution in [-0.2, 0) is 4.79 Å². The molecule has 0 heterocycles. The van der Waals surface area contributed by atoms with Gasteiger partial charge in [-0.2, -0.15) is 11.8 Å². The molecule has 1 rings (SSSR count). The standard InChI is InChI=1S/C12H15ClN2O3S/c13-9-3-2-8(12(17)18)6-10(9)15-11(16)7-19-5-1-4-14/h2-3,6H,1,4-5,7,14H2,(H,15,16)(H,17,18). The minimum atomic E-state index is -1.07. The number of carboxylic acids is 1. The molecule has 0 aliphatic heterocycles. The minimum Gasteiger partial charge on any atom is -0.478 e. The molecule has 7 heteroatoms. The van der Waals surface area contributed by atoms with Gasteiger partial charge in [0.15, 0.2) is 0 Å². The maximum Gasteiger partial charge on any atom is 0.335 e. The van der Waals surface area contributed by atoms with Crippen molar-refractivity contribution in [2.45, 2.75) is 6.42 Å². The monoisotopic (exact) mass is 302 g/mol. The van der Waals surface area contributed by atoms with Crippen LogP contribution in [0.4, 0.5) is 5.69 Å². The van der Waals surface area contributed by atoms with Gasteiger partial charge in [0, 0.05) is 0 Å². The summed E-state index contributed by atoms with van der Waals surface area (Å²) in [5.74, 6) is -0.184. The quantitative estimate of drug-likeness (QED) is 0.670. The zero-order chi connectivity index (χ0) is 14.3. The van der Waals surface area contributed by atoms with Gasteiger partial charge >= 0.3 is 5.97 Å². The molecule has 104 valence electrons. The number of halogens is 1. The Labute approximate surface area is 120 Å². The van der Waals surface area contributed by atoms with Crippen LogP contribution in [-0.4, -0.2) is 35.0 Å². The third-order valence-corrected chi connectivity index (χ3v) is 3.59. The Bertz CT molecular complexity index is 468. The molecule has 1 amide bonds. The van der Waals surface area contributed by atoms with E-state index in [2.05, 4.69) is 5.32 Å². The second-order valence-electron chi connectivity index (χ2n) is 3.74. The number of carbonyl (C=O) groups excluding carboxylic acids is 1. The molecule has 19 heavy (non-hydrogen) atoms. The highest BCUT2D eigenvalue weighted by Crippen LogP contribution is 2.23. The van der Waals surface area contributed by atoms with Crippen LogP contribution in [0.3, 0.4) is 0 Å². The van der Waals surface area contributed by atoms with Gasteiger partial charge in [-0.15, -0.1) is 0 Å². The number of carbonyl (C=O) groups is 2. The van der Waals surface area contributed by atoms with E-state index in [9.17, 15) is 9.59 Å². The van der Waals surface area contributed by atoms with Crippen LogP contribution in [0, 0.1) is 0 Å². The predicted octanol–water partition coefficient (Wildman–Crippen LogP) is 2.06. The Morgan fingerprint density at radius 1 is 1.42 bits per heavy atom. The van der Waals surface area contributed by atoms with E-state index in [-0.39, 0.29) is 17.2 Å². The molecule has 0 spiro atoms. The number of hydrogen-bond donors (Lipinski definition) is 3. The lowest BCUT2D eigenvalue weighted by molar-refractivity contribution is -0.113. The number of rotatable bonds is 7. The summed E-state index contributed by atoms with van der Waals surface area (Å²) in [5, 5.41) is 11.8. The largest absolute Gasteiger partial charge is 0.478 e. The van der Waals surface area contributed by atoms with Gasteiger partial charge in [-0.3, -0.25) is 4.79 Å². The zero-order valence-corrected chi connectivity index (χ0v) is 11.8. The molecule has 0 saturated heterocycles. The Hall–Kier alpha value is -1.24. The fourth-order valence-electron chi connectivity index (χ4n) is 1.29. The molecule has 0 radical (unpaired) electrons. The zero-order valence-electron chi connectivity index (χ0n) is 10.2. The number of hydrogen-bond acceptors (Lipinski definition) is 4. The first-order valence-electron chi connectivity index (χ1n) is 5.65. The van der Waals surface area contributed by atoms with Crippen molar-refractivity contribution in [3.63, 3.8) is 0 Å². The van der Waals surface area contributed by atoms with Gasteiger partial charge in [0.2, 0.25) is 5.91 Å². The normalized spacial score (nSPS) is 10.2. The molecular weight excluding hydrogens is 288 g/mol. The molecule has 1 aromatic carbocycles. The Morgan fingerprint density at radius 3 is 2.79 bits per heavy atom. The maximum absolute atomic E-state index is 11.6. The molecule has 0 atom stereocenters. The fraction of sp³-hybridized carbons (Fsp3) is 0.333. The van der Waals surface area contributed by atoms with Crippen LogP contribution < -0.4 is 11.1 Å². The lowest BCUT2D eigenvalue weighted by atomic mass is 10.2. The Balaban J connectivity index is 2.58. The summed E-state index contributed by atoms with van der Waals surface area (Å²) in [7, 11) is 0. The van der Waals surface area contributed by atoms with E-state index >= 15 is 0 Å². The number of nitrogens with two attached hydrogens (primary N) is 1. The van der Waals surface area contributed by atoms with Crippen LogP contribution >= 0.6 is 23.4 Å². The summed E-state index contributed by atoms with van der Waals surface area (Å²) < 4.78 is 0. The second kappa shape index (κ2) is 8.04. The molecule has 0 fully saturated rings. The van der Waals surface area contributed by atoms with Gasteiger partial charge in [-0.05, 0) is 36.9 Å². The van der Waals surface area contributed by atoms with E-state index in [1.165, 1.54) is 30.0 Å². The molecule has 0 aliphatic carbocycles. The van der Waals surface area contributed by atoms with Gasteiger partial charge in [-0.1, -0.05) is 11.6 Å². The second-order valence-corrected chi connectivity index (χ2v) is 5.26. The molecular formula is C12H15ClN2O3S. The molecule has 0 aliphatic rings. The highest BCUT2D eigenvalue weighted by molar-refractivity contribution is 7.99. The van der Waals surface area contributed by atoms with E-state index in [1.54, 1.807) is 0 Å². The first-order valence-corrected chi connectivity index (χ1v) is 7.18. The smallest absolute Gasteiger partial charge is 0.335 e. The van der Waals surface area contributed by atoms with Crippen molar-refractivity contribution in [1.29, 1.82) is 0 Å². The van der Waals surface area contributed by atoms with Crippen molar-refractivity contribution in [3.8, 4) is 0 Å². The number of thioether (sulfide) groups is 1. The first-order chi connectivity index (χ1) is 9.04. The van der Waals surface area contributed by atoms with Crippen LogP contribution in [0.15, 0.2) is 18.2 Å². The predicted molar refractivity (Wildman–Crippen MR) is 78.0 cm³/mol. The summed E-state index contributed by atoms with van der Waals surface area (Å²) >= 11 is 7.37. The summed E-state index contributed by atoms with van der Waals surface area (Å²) in [6.45, 7) is 0.598. The molecule has 5 nitrogen and oxygen atoms in total. The molecule has 0 bridgehead atoms. The summed E-state index contributed by atoms with van der Waals surface area (Å²) in [5.41, 5.74) is 5.74. The maximum atomic E-state index is 11.6. The molecule has 0 saturated carbocycles. The van der Waals surface area contributed by atoms with Crippen molar-refractivity contribution in [2.24, 2.45) is 5.73 Å². The molecule has 1 aromatic rings. The van der Waals surface area contributed by atoms with Gasteiger partial charge < -0.3 is 16.2 Å². The number of aromatic carboxylic acids is 1. The van der Waals surface area contributed by atoms with Gasteiger partial charge in [0.05, 0.1) is 22.0 Å². The average Bonchev–Trinajstić information content (AvgIpc) is 2.37. The van der Waals surface area contributed by atoms with Crippen molar-refractivity contribution in [3.05, 3.63) is 28.8 Å². The number of carboxylic acid groups (broad SMARTS) is 1. The highest BCUT2D eigenvalue weighted by atomic mass is 35.5. The number of anilines is 1. The van der Waals surface area contributed by atoms with Gasteiger partial charge in [0.25, 0.3) is 0 Å². The van der Waals surface area contributed by atoms with E-state index in [0.717, 1.165) is 12.2 Å². The van der Waals surface area contributed by atoms with Crippen molar-refractivity contribution >= 4 is 40.9 Å². The Kier molecular flexibility index (Phi) is 6.69. The molecule has 0 unspecified atom stereocenters. The topological polar surface area (TPSA) is 92.4 Å². The summed E-state index contributed by atoms with van der Waals surface area (Å²) in [6, 6.07) is 4.17. The van der Waals surface area contributed by atoms with Gasteiger partial charge in [-0.25, -0.2) is 4.79 Å². The molecule has 0 aromatic heterocycles. The van der Waals surface area contributed by atoms with E-state index in [4.69, 9.17) is 22.4 Å². The SMILES string of the molecule is NCCCSCC(=O)Nc1cc(C(=O)O)ccc1Cl. The van der Waals surface area contributed by atoms with Crippen molar-refractivity contribution in [2.75, 3.05) is 23.4 Å². The first kappa shape index (κ1) is 15.8. The third-order valence-electron chi connectivity index (χ3n) is 2.21. The van der Waals surface area contributed by atoms with Crippen LogP contribution in [0.1, 0.15) is 16.8 Å². The van der Waals surface area contributed by atoms with Crippen molar-refractivity contribution < 1.29 is 14.7 Å². The Morgan fingerprint density at radius 2 is 2.16 bits per heavy atom. The lowest BCUT2D eigenvalue weighted by Gasteiger charge is -2.08. The average molecular weight is 303 g/mol. The van der Waals surface area contributed by atoms with E-state index in [0.29, 0.717) is 17.3 Å². The minimum absolute atomic E-state index is 0.0792. The highest BCUT2D eigenvalue weighted by Gasteiger charge is 2.10.